The van der Waals surface area contributed by atoms with Gasteiger partial charge in [-0.15, -0.1) is 0 Å². The van der Waals surface area contributed by atoms with Crippen molar-refractivity contribution in [3.8, 4) is 0 Å². The van der Waals surface area contributed by atoms with Gasteiger partial charge in [-0.05, 0) is 68.9 Å². The molecule has 2 saturated carbocycles. The van der Waals surface area contributed by atoms with Crippen molar-refractivity contribution in [2.45, 2.75) is 94.8 Å². The summed E-state index contributed by atoms with van der Waals surface area (Å²) in [7, 11) is 0. The fourth-order valence-corrected chi connectivity index (χ4v) is 7.09. The topological polar surface area (TPSA) is 52.6 Å². The zero-order valence-electron chi connectivity index (χ0n) is 16.9. The van der Waals surface area contributed by atoms with Crippen LogP contribution in [0, 0.1) is 11.8 Å². The van der Waals surface area contributed by atoms with Crippen molar-refractivity contribution < 1.29 is 9.90 Å². The van der Waals surface area contributed by atoms with Crippen LogP contribution in [0.1, 0.15) is 81.0 Å². The summed E-state index contributed by atoms with van der Waals surface area (Å²) in [5.41, 5.74) is 1.19. The number of fused-ring (bicyclic) bond motifs is 4. The van der Waals surface area contributed by atoms with E-state index in [1.807, 2.05) is 18.2 Å². The molecule has 6 atom stereocenters. The second-order valence-corrected chi connectivity index (χ2v) is 9.87. The molecule has 1 aromatic rings. The molecule has 4 bridgehead atoms. The number of carboxylic acids is 1. The molecule has 4 aliphatic rings. The van der Waals surface area contributed by atoms with Crippen LogP contribution < -0.4 is 5.32 Å². The number of carbonyl (C=O) groups is 1. The Morgan fingerprint density at radius 1 is 0.857 bits per heavy atom. The average molecular weight is 383 g/mol. The highest BCUT2D eigenvalue weighted by Gasteiger charge is 2.44. The van der Waals surface area contributed by atoms with E-state index in [2.05, 4.69) is 10.2 Å². The molecule has 1 aromatic carbocycles. The normalized spacial score (nSPS) is 38.0. The highest BCUT2D eigenvalue weighted by molar-refractivity contribution is 5.94. The first-order chi connectivity index (χ1) is 13.7. The van der Waals surface area contributed by atoms with Gasteiger partial charge in [-0.2, -0.15) is 0 Å². The summed E-state index contributed by atoms with van der Waals surface area (Å²) in [4.78, 5) is 14.5. The molecule has 4 heteroatoms. The molecule has 0 spiro atoms. The molecule has 2 aliphatic heterocycles. The summed E-state index contributed by atoms with van der Waals surface area (Å²) in [6.07, 6.45) is 15.1. The largest absolute Gasteiger partial charge is 0.478 e. The average Bonchev–Trinajstić information content (AvgIpc) is 2.67. The number of nitrogens with zero attached hydrogens (tertiary/aromatic N) is 1. The third kappa shape index (κ3) is 3.56. The minimum Gasteiger partial charge on any atom is -0.478 e. The van der Waals surface area contributed by atoms with Gasteiger partial charge in [0.1, 0.15) is 0 Å². The number of benzene rings is 1. The molecule has 2 aliphatic carbocycles. The summed E-state index contributed by atoms with van der Waals surface area (Å²) in [6, 6.07) is 9.96. The monoisotopic (exact) mass is 382 g/mol. The maximum absolute atomic E-state index is 11.6. The van der Waals surface area contributed by atoms with Crippen LogP contribution in [0.15, 0.2) is 24.3 Å². The van der Waals surface area contributed by atoms with Crippen LogP contribution in [-0.2, 0) is 0 Å². The van der Waals surface area contributed by atoms with E-state index in [9.17, 15) is 9.90 Å². The molecule has 0 amide bonds. The van der Waals surface area contributed by atoms with Crippen LogP contribution >= 0.6 is 0 Å². The number of rotatable bonds is 4. The van der Waals surface area contributed by atoms with Gasteiger partial charge in [0.25, 0.3) is 0 Å². The van der Waals surface area contributed by atoms with Crippen LogP contribution in [0.3, 0.4) is 0 Å². The minimum atomic E-state index is -0.838. The molecular weight excluding hydrogens is 348 g/mol. The van der Waals surface area contributed by atoms with Gasteiger partial charge >= 0.3 is 5.97 Å². The second-order valence-electron chi connectivity index (χ2n) is 9.87. The van der Waals surface area contributed by atoms with Gasteiger partial charge in [-0.25, -0.2) is 4.79 Å². The number of para-hydroxylation sites is 1. The fourth-order valence-electron chi connectivity index (χ4n) is 7.09. The minimum absolute atomic E-state index is 0.398. The SMILES string of the molecule is O=C(O)c1ccccc1NC1C[C@H]2CCC[C@@H](C1)N2C1C[C@H]2CCC[C@@H](C1)C2. The number of anilines is 1. The first-order valence-corrected chi connectivity index (χ1v) is 11.5. The molecule has 5 rings (SSSR count). The van der Waals surface area contributed by atoms with Gasteiger partial charge in [0.05, 0.1) is 5.56 Å². The van der Waals surface area contributed by atoms with Crippen LogP contribution in [0.25, 0.3) is 0 Å². The maximum Gasteiger partial charge on any atom is 0.337 e. The number of piperidine rings is 2. The Bertz CT molecular complexity index is 694. The predicted molar refractivity (Wildman–Crippen MR) is 112 cm³/mol. The Hall–Kier alpha value is -1.55. The summed E-state index contributed by atoms with van der Waals surface area (Å²) >= 11 is 0. The smallest absolute Gasteiger partial charge is 0.337 e. The zero-order valence-corrected chi connectivity index (χ0v) is 16.9. The predicted octanol–water partition coefficient (Wildman–Crippen LogP) is 5.15. The van der Waals surface area contributed by atoms with E-state index in [4.69, 9.17) is 0 Å². The van der Waals surface area contributed by atoms with E-state index in [0.29, 0.717) is 23.7 Å². The van der Waals surface area contributed by atoms with Crippen LogP contribution in [0.4, 0.5) is 5.69 Å². The molecule has 2 N–H and O–H groups in total. The van der Waals surface area contributed by atoms with Gasteiger partial charge in [-0.1, -0.05) is 37.8 Å². The van der Waals surface area contributed by atoms with Gasteiger partial charge in [0.15, 0.2) is 0 Å². The number of nitrogens with one attached hydrogen (secondary N) is 1. The van der Waals surface area contributed by atoms with E-state index in [1.165, 1.54) is 57.8 Å². The lowest BCUT2D eigenvalue weighted by atomic mass is 9.68. The molecular formula is C24H34N2O2. The Morgan fingerprint density at radius 3 is 2.18 bits per heavy atom. The van der Waals surface area contributed by atoms with Crippen molar-refractivity contribution in [3.63, 3.8) is 0 Å². The van der Waals surface area contributed by atoms with Crippen molar-refractivity contribution >= 4 is 11.7 Å². The fraction of sp³-hybridized carbons (Fsp3) is 0.708. The zero-order chi connectivity index (χ0) is 19.1. The highest BCUT2D eigenvalue weighted by atomic mass is 16.4. The van der Waals surface area contributed by atoms with Crippen molar-refractivity contribution in [3.05, 3.63) is 29.8 Å². The maximum atomic E-state index is 11.6. The van der Waals surface area contributed by atoms with Gasteiger partial charge in [0.2, 0.25) is 0 Å². The van der Waals surface area contributed by atoms with Crippen LogP contribution in [-0.4, -0.2) is 40.1 Å². The Labute approximate surface area is 168 Å². The third-order valence-electron chi connectivity index (χ3n) is 8.07. The van der Waals surface area contributed by atoms with Crippen LogP contribution in [0.5, 0.6) is 0 Å². The summed E-state index contributed by atoms with van der Waals surface area (Å²) in [5, 5.41) is 13.1. The Balaban J connectivity index is 1.30. The lowest BCUT2D eigenvalue weighted by molar-refractivity contribution is -0.0382. The summed E-state index contributed by atoms with van der Waals surface area (Å²) < 4.78 is 0. The molecule has 0 radical (unpaired) electrons. The third-order valence-corrected chi connectivity index (χ3v) is 8.07. The van der Waals surface area contributed by atoms with E-state index >= 15 is 0 Å². The van der Waals surface area contributed by atoms with E-state index in [1.54, 1.807) is 6.07 Å². The van der Waals surface area contributed by atoms with Crippen molar-refractivity contribution in [1.29, 1.82) is 0 Å². The Morgan fingerprint density at radius 2 is 1.50 bits per heavy atom. The quantitative estimate of drug-likeness (QED) is 0.756. The molecule has 28 heavy (non-hydrogen) atoms. The van der Waals surface area contributed by atoms with Crippen molar-refractivity contribution in [1.82, 2.24) is 4.90 Å². The van der Waals surface area contributed by atoms with Gasteiger partial charge in [-0.3, -0.25) is 4.90 Å². The van der Waals surface area contributed by atoms with E-state index < -0.39 is 5.97 Å². The molecule has 2 saturated heterocycles. The van der Waals surface area contributed by atoms with Crippen LogP contribution in [0.2, 0.25) is 0 Å². The van der Waals surface area contributed by atoms with Crippen molar-refractivity contribution in [2.24, 2.45) is 11.8 Å². The molecule has 0 aromatic heterocycles. The first-order valence-electron chi connectivity index (χ1n) is 11.5. The van der Waals surface area contributed by atoms with Gasteiger partial charge < -0.3 is 10.4 Å². The van der Waals surface area contributed by atoms with Crippen molar-refractivity contribution in [2.75, 3.05) is 5.32 Å². The second kappa shape index (κ2) is 7.70. The number of hydrogen-bond acceptors (Lipinski definition) is 3. The lowest BCUT2D eigenvalue weighted by Gasteiger charge is -2.55. The summed E-state index contributed by atoms with van der Waals surface area (Å²) in [6.45, 7) is 0. The number of aromatic carboxylic acids is 1. The highest BCUT2D eigenvalue weighted by Crippen LogP contribution is 2.46. The lowest BCUT2D eigenvalue weighted by Crippen LogP contribution is -2.60. The van der Waals surface area contributed by atoms with E-state index in [0.717, 1.165) is 36.4 Å². The summed E-state index contributed by atoms with van der Waals surface area (Å²) in [5.74, 6) is 1.13. The molecule has 2 heterocycles. The standard InChI is InChI=1S/C24H34N2O2/c27-24(28)22-9-1-2-10-23(22)25-18-14-19-7-4-8-20(15-18)26(19)21-12-16-5-3-6-17(11-16)13-21/h1-2,9-10,16-21,25H,3-8,11-15H2,(H,27,28)/t16-,17+,18?,19-,20+,21?. The van der Waals surface area contributed by atoms with E-state index in [-0.39, 0.29) is 0 Å². The molecule has 4 nitrogen and oxygen atoms in total. The molecule has 2 unspecified atom stereocenters. The molecule has 152 valence electrons. The van der Waals surface area contributed by atoms with Gasteiger partial charge in [0, 0.05) is 29.9 Å². The first kappa shape index (κ1) is 18.5. The molecule has 4 fully saturated rings. The number of carboxylic acid groups (broad SMARTS) is 1. The Kier molecular flexibility index (Phi) is 5.08. The number of hydrogen-bond donors (Lipinski definition) is 2.